The van der Waals surface area contributed by atoms with E-state index in [2.05, 4.69) is 20.0 Å². The van der Waals surface area contributed by atoms with Crippen LogP contribution in [0, 0.1) is 18.8 Å². The topological polar surface area (TPSA) is 160 Å². The molecular weight excluding hydrogens is 710 g/mol. The van der Waals surface area contributed by atoms with Crippen molar-refractivity contribution in [2.24, 2.45) is 11.8 Å². The van der Waals surface area contributed by atoms with Crippen molar-refractivity contribution in [3.63, 3.8) is 0 Å². The fourth-order valence-corrected chi connectivity index (χ4v) is 8.64. The van der Waals surface area contributed by atoms with Gasteiger partial charge in [0.25, 0.3) is 5.89 Å². The van der Waals surface area contributed by atoms with E-state index in [-0.39, 0.29) is 65.6 Å². The number of nitrogens with two attached hydrogens (primary N) is 1. The van der Waals surface area contributed by atoms with E-state index in [4.69, 9.17) is 25.0 Å². The van der Waals surface area contributed by atoms with E-state index in [1.54, 1.807) is 4.90 Å². The third kappa shape index (κ3) is 7.48. The van der Waals surface area contributed by atoms with Crippen LogP contribution in [0.2, 0.25) is 0 Å². The molecule has 0 aromatic carbocycles. The van der Waals surface area contributed by atoms with Crippen molar-refractivity contribution in [1.82, 2.24) is 34.9 Å². The number of halogens is 4. The van der Waals surface area contributed by atoms with Crippen LogP contribution < -0.4 is 15.4 Å². The monoisotopic (exact) mass is 757 g/mol. The Labute approximate surface area is 311 Å². The summed E-state index contributed by atoms with van der Waals surface area (Å²) in [6.07, 6.45) is -0.0987. The number of nitrogens with zero attached hydrogens (tertiary/aromatic N) is 8. The van der Waals surface area contributed by atoms with Crippen molar-refractivity contribution < 1.29 is 36.7 Å². The molecule has 3 aromatic rings. The van der Waals surface area contributed by atoms with Gasteiger partial charge in [-0.1, -0.05) is 12.1 Å². The van der Waals surface area contributed by atoms with E-state index >= 15 is 0 Å². The highest BCUT2D eigenvalue weighted by atomic mass is 19.4. The summed E-state index contributed by atoms with van der Waals surface area (Å²) in [5.41, 5.74) is 4.87. The second kappa shape index (κ2) is 14.0. The normalized spacial score (nSPS) is 24.9. The molecular formula is C37H47F4N9O4. The lowest BCUT2D eigenvalue weighted by Crippen LogP contribution is -2.53. The first-order valence-corrected chi connectivity index (χ1v) is 18.4. The lowest BCUT2D eigenvalue weighted by Gasteiger charge is -2.41. The zero-order valence-electron chi connectivity index (χ0n) is 31.2. The molecule has 4 atom stereocenters. The van der Waals surface area contributed by atoms with Gasteiger partial charge in [-0.3, -0.25) is 9.69 Å². The number of aliphatic hydroxyl groups is 1. The molecule has 13 nitrogen and oxygen atoms in total. The number of aromatic nitrogens is 5. The van der Waals surface area contributed by atoms with Crippen LogP contribution in [-0.2, 0) is 29.4 Å². The Balaban J connectivity index is 1.11. The zero-order valence-corrected chi connectivity index (χ0v) is 31.2. The third-order valence-corrected chi connectivity index (χ3v) is 11.3. The molecule has 54 heavy (non-hydrogen) atoms. The molecule has 0 radical (unpaired) electrons. The van der Waals surface area contributed by atoms with Crippen LogP contribution in [0.3, 0.4) is 0 Å². The summed E-state index contributed by atoms with van der Waals surface area (Å²) in [5.74, 6) is -0.108. The SMILES string of the molecule is Cc1cc(N)nc([C@@H]2Cc3nc(OC[C@@]45CCCN4C[C@H](F)C5)nc(N(C)CC4CN(C(=O)/C=C/c5nc(C(C)(C)O)no5)C4)c3C[C@H]2C)c1C(F)(F)F. The third-order valence-electron chi connectivity index (χ3n) is 11.3. The van der Waals surface area contributed by atoms with Crippen molar-refractivity contribution >= 4 is 23.6 Å². The number of anilines is 2. The molecule has 0 bridgehead atoms. The summed E-state index contributed by atoms with van der Waals surface area (Å²) in [6.45, 7) is 9.27. The van der Waals surface area contributed by atoms with Crippen molar-refractivity contribution in [1.29, 1.82) is 0 Å². The molecule has 0 spiro atoms. The Morgan fingerprint density at radius 3 is 2.65 bits per heavy atom. The number of likely N-dealkylation sites (tertiary alicyclic amines) is 1. The Hall–Kier alpha value is -4.38. The highest BCUT2D eigenvalue weighted by molar-refractivity contribution is 5.91. The predicted octanol–water partition coefficient (Wildman–Crippen LogP) is 4.47. The van der Waals surface area contributed by atoms with Gasteiger partial charge in [0.2, 0.25) is 11.7 Å². The summed E-state index contributed by atoms with van der Waals surface area (Å²) in [4.78, 5) is 36.7. The lowest BCUT2D eigenvalue weighted by molar-refractivity contribution is -0.139. The maximum atomic E-state index is 14.5. The molecule has 17 heteroatoms. The van der Waals surface area contributed by atoms with E-state index in [0.717, 1.165) is 24.9 Å². The quantitative estimate of drug-likeness (QED) is 0.221. The molecule has 3 fully saturated rings. The number of rotatable bonds is 10. The summed E-state index contributed by atoms with van der Waals surface area (Å²) in [6, 6.07) is 1.35. The van der Waals surface area contributed by atoms with Gasteiger partial charge < -0.3 is 29.9 Å². The highest BCUT2D eigenvalue weighted by Gasteiger charge is 2.50. The first kappa shape index (κ1) is 37.9. The zero-order chi connectivity index (χ0) is 38.7. The highest BCUT2D eigenvalue weighted by Crippen LogP contribution is 2.45. The molecule has 0 unspecified atom stereocenters. The van der Waals surface area contributed by atoms with Crippen LogP contribution in [0.5, 0.6) is 6.01 Å². The van der Waals surface area contributed by atoms with E-state index in [1.807, 2.05) is 18.9 Å². The maximum Gasteiger partial charge on any atom is 0.418 e. The van der Waals surface area contributed by atoms with Crippen LogP contribution in [-0.4, -0.2) is 104 Å². The lowest BCUT2D eigenvalue weighted by atomic mass is 9.75. The molecule has 3 aromatic heterocycles. The van der Waals surface area contributed by atoms with Gasteiger partial charge in [-0.2, -0.15) is 28.1 Å². The number of aryl methyl sites for hydroxylation is 1. The second-order valence-corrected chi connectivity index (χ2v) is 16.1. The number of hydrogen-bond donors (Lipinski definition) is 2. The molecule has 0 saturated carbocycles. The van der Waals surface area contributed by atoms with Crippen LogP contribution in [0.15, 0.2) is 16.7 Å². The van der Waals surface area contributed by atoms with Crippen molar-refractivity contribution in [2.45, 2.75) is 89.2 Å². The molecule has 7 rings (SSSR count). The van der Waals surface area contributed by atoms with Gasteiger partial charge in [-0.25, -0.2) is 9.37 Å². The summed E-state index contributed by atoms with van der Waals surface area (Å²) >= 11 is 0. The number of hydrogen-bond acceptors (Lipinski definition) is 12. The molecule has 1 amide bonds. The summed E-state index contributed by atoms with van der Waals surface area (Å²) < 4.78 is 69.2. The van der Waals surface area contributed by atoms with Crippen molar-refractivity contribution in [3.05, 3.63) is 51.9 Å². The number of pyridine rings is 1. The van der Waals surface area contributed by atoms with Gasteiger partial charge in [0.15, 0.2) is 0 Å². The van der Waals surface area contributed by atoms with E-state index in [9.17, 15) is 27.5 Å². The minimum Gasteiger partial charge on any atom is -0.461 e. The Bertz CT molecular complexity index is 1930. The average Bonchev–Trinajstić information content (AvgIpc) is 3.77. The molecule has 3 saturated heterocycles. The predicted molar refractivity (Wildman–Crippen MR) is 190 cm³/mol. The Kier molecular flexibility index (Phi) is 9.86. The van der Waals surface area contributed by atoms with E-state index < -0.39 is 35.0 Å². The molecule has 3 aliphatic heterocycles. The van der Waals surface area contributed by atoms with E-state index in [1.165, 1.54) is 39.0 Å². The number of carbonyl (C=O) groups is 1. The minimum atomic E-state index is -4.62. The first-order valence-electron chi connectivity index (χ1n) is 18.4. The van der Waals surface area contributed by atoms with Crippen LogP contribution in [0.25, 0.3) is 6.08 Å². The van der Waals surface area contributed by atoms with Gasteiger partial charge in [-0.15, -0.1) is 0 Å². The number of nitrogen functional groups attached to an aromatic ring is 1. The van der Waals surface area contributed by atoms with Crippen LogP contribution in [0.1, 0.15) is 85.7 Å². The largest absolute Gasteiger partial charge is 0.461 e. The molecule has 292 valence electrons. The van der Waals surface area contributed by atoms with Crippen LogP contribution in [0.4, 0.5) is 29.2 Å². The van der Waals surface area contributed by atoms with Crippen LogP contribution >= 0.6 is 0 Å². The fourth-order valence-electron chi connectivity index (χ4n) is 8.64. The minimum absolute atomic E-state index is 0.0243. The fraction of sp³-hybridized carbons (Fsp3) is 0.622. The van der Waals surface area contributed by atoms with Crippen molar-refractivity contribution in [3.8, 4) is 6.01 Å². The van der Waals surface area contributed by atoms with Gasteiger partial charge in [0.05, 0.1) is 22.5 Å². The van der Waals surface area contributed by atoms with E-state index in [0.29, 0.717) is 50.5 Å². The van der Waals surface area contributed by atoms with Crippen molar-refractivity contribution in [2.75, 3.05) is 57.0 Å². The second-order valence-electron chi connectivity index (χ2n) is 16.1. The number of carbonyl (C=O) groups excluding carboxylic acids is 1. The summed E-state index contributed by atoms with van der Waals surface area (Å²) in [7, 11) is 1.90. The number of amides is 1. The smallest absolute Gasteiger partial charge is 0.418 e. The maximum absolute atomic E-state index is 14.5. The average molecular weight is 758 g/mol. The summed E-state index contributed by atoms with van der Waals surface area (Å²) in [5, 5.41) is 13.8. The van der Waals surface area contributed by atoms with Gasteiger partial charge in [-0.05, 0) is 70.5 Å². The van der Waals surface area contributed by atoms with Gasteiger partial charge >= 0.3 is 12.2 Å². The number of fused-ring (bicyclic) bond motifs is 2. The van der Waals surface area contributed by atoms with Gasteiger partial charge in [0, 0.05) is 69.2 Å². The standard InChI is InChI=1S/C37H47F4N9O4/c1-20-11-25-26(13-24(20)31-30(37(39,40)41)21(2)12-27(42)44-31)43-34(53-19-36-9-6-10-50(36)18-23(38)14-36)46-32(25)48(5)15-22-16-49(17-22)29(51)8-7-28-45-33(47-54-28)35(3,4)52/h7-8,12,20,22-24,52H,6,9-11,13-19H2,1-5H3,(H2,42,44)/b8-7+/t20-,23-,24-,36+/m1/s1. The molecule has 1 aliphatic carbocycles. The molecule has 3 N–H and O–H groups in total. The molecule has 4 aliphatic rings. The number of ether oxygens (including phenoxy) is 1. The Morgan fingerprint density at radius 2 is 1.94 bits per heavy atom. The Morgan fingerprint density at radius 1 is 1.19 bits per heavy atom. The number of alkyl halides is 4. The van der Waals surface area contributed by atoms with Gasteiger partial charge in [0.1, 0.15) is 30.0 Å². The first-order chi connectivity index (χ1) is 25.4. The molecule has 6 heterocycles.